The maximum Gasteiger partial charge on any atom is 0.0503 e. The molecule has 0 N–H and O–H groups in total. The molecular formula is C50H33N. The van der Waals surface area contributed by atoms with Crippen molar-refractivity contribution in [1.82, 2.24) is 0 Å². The van der Waals surface area contributed by atoms with E-state index in [1.165, 1.54) is 83.0 Å². The van der Waals surface area contributed by atoms with Crippen molar-refractivity contribution in [2.24, 2.45) is 11.8 Å². The van der Waals surface area contributed by atoms with Crippen molar-refractivity contribution in [2.45, 2.75) is 0 Å². The molecule has 51 heavy (non-hydrogen) atoms. The van der Waals surface area contributed by atoms with Crippen LogP contribution in [0.4, 0.5) is 11.4 Å². The molecule has 0 bridgehead atoms. The Morgan fingerprint density at radius 2 is 0.843 bits per heavy atom. The SMILES string of the molecule is C1=CC2=CC=CC3=c4c(c(-c5ccccc5)c5c(c4-c4ccccc4)C4=CC=C(N(c6ccccc6)c6ccccc6)C6=CC=CC=5C64)C(=C1)C23. The van der Waals surface area contributed by atoms with Gasteiger partial charge in [-0.05, 0) is 108 Å². The van der Waals surface area contributed by atoms with E-state index < -0.39 is 0 Å². The molecular weight excluding hydrogens is 615 g/mol. The number of allylic oxidation sites excluding steroid dienone is 15. The highest BCUT2D eigenvalue weighted by Gasteiger charge is 2.43. The molecule has 0 saturated carbocycles. The average molecular weight is 648 g/mol. The molecule has 0 amide bonds. The molecule has 6 aliphatic carbocycles. The summed E-state index contributed by atoms with van der Waals surface area (Å²) in [5.74, 6) is 0.364. The van der Waals surface area contributed by atoms with Gasteiger partial charge < -0.3 is 4.90 Å². The van der Waals surface area contributed by atoms with Gasteiger partial charge in [0, 0.05) is 23.2 Å². The van der Waals surface area contributed by atoms with Crippen LogP contribution in [0.3, 0.4) is 0 Å². The van der Waals surface area contributed by atoms with Crippen LogP contribution in [0.15, 0.2) is 205 Å². The van der Waals surface area contributed by atoms with E-state index in [1.54, 1.807) is 0 Å². The van der Waals surface area contributed by atoms with E-state index in [0.717, 1.165) is 11.4 Å². The Hall–Kier alpha value is -6.44. The lowest BCUT2D eigenvalue weighted by Gasteiger charge is -2.35. The van der Waals surface area contributed by atoms with Crippen LogP contribution in [0, 0.1) is 11.8 Å². The zero-order chi connectivity index (χ0) is 33.5. The molecule has 0 radical (unpaired) electrons. The van der Waals surface area contributed by atoms with Gasteiger partial charge in [0.1, 0.15) is 0 Å². The van der Waals surface area contributed by atoms with E-state index in [1.807, 2.05) is 0 Å². The van der Waals surface area contributed by atoms with Gasteiger partial charge in [-0.15, -0.1) is 0 Å². The molecule has 0 aromatic heterocycles. The summed E-state index contributed by atoms with van der Waals surface area (Å²) in [6.07, 6.45) is 25.7. The summed E-state index contributed by atoms with van der Waals surface area (Å²) >= 11 is 0. The van der Waals surface area contributed by atoms with Crippen molar-refractivity contribution in [3.63, 3.8) is 0 Å². The molecule has 0 spiro atoms. The standard InChI is InChI=1S/C50H33N/c1-5-16-33(17-6-1)44-47-38-27-13-20-32-21-14-28-39(43(32)38)48(47)45(34-18-7-2-8-19-34)50-41-30-31-42(37-26-15-29-40(46(37)41)49(44)50)51(35-22-9-3-10-23-35)36-24-11-4-12-25-36/h1-31,43,46H. The van der Waals surface area contributed by atoms with E-state index >= 15 is 0 Å². The van der Waals surface area contributed by atoms with Gasteiger partial charge in [0.05, 0.1) is 5.70 Å². The highest BCUT2D eigenvalue weighted by molar-refractivity contribution is 6.08. The Bertz CT molecular complexity index is 2650. The molecule has 0 aliphatic heterocycles. The predicted octanol–water partition coefficient (Wildman–Crippen LogP) is 10.6. The van der Waals surface area contributed by atoms with Crippen LogP contribution in [-0.4, -0.2) is 0 Å². The minimum absolute atomic E-state index is 0.116. The molecule has 238 valence electrons. The van der Waals surface area contributed by atoms with Gasteiger partial charge in [0.15, 0.2) is 0 Å². The molecule has 6 aliphatic rings. The third-order valence-corrected chi connectivity index (χ3v) is 11.3. The van der Waals surface area contributed by atoms with Gasteiger partial charge in [-0.25, -0.2) is 0 Å². The Labute approximate surface area is 298 Å². The van der Waals surface area contributed by atoms with Gasteiger partial charge >= 0.3 is 0 Å². The average Bonchev–Trinajstić information content (AvgIpc) is 3.71. The molecule has 5 aromatic rings. The molecule has 2 unspecified atom stereocenters. The minimum Gasteiger partial charge on any atom is -0.310 e. The summed E-state index contributed by atoms with van der Waals surface area (Å²) in [5.41, 5.74) is 19.9. The number of hydrogen-bond donors (Lipinski definition) is 0. The number of para-hydroxylation sites is 2. The second-order valence-electron chi connectivity index (χ2n) is 13.9. The van der Waals surface area contributed by atoms with E-state index in [0.29, 0.717) is 0 Å². The van der Waals surface area contributed by atoms with E-state index in [4.69, 9.17) is 0 Å². The molecule has 2 atom stereocenters. The maximum atomic E-state index is 2.43. The van der Waals surface area contributed by atoms with Crippen molar-refractivity contribution in [3.8, 4) is 22.3 Å². The third kappa shape index (κ3) is 4.03. The monoisotopic (exact) mass is 647 g/mol. The fourth-order valence-corrected chi connectivity index (χ4v) is 9.43. The van der Waals surface area contributed by atoms with Crippen molar-refractivity contribution in [3.05, 3.63) is 227 Å². The zero-order valence-electron chi connectivity index (χ0n) is 28.0. The topological polar surface area (TPSA) is 3.24 Å². The lowest BCUT2D eigenvalue weighted by atomic mass is 9.78. The van der Waals surface area contributed by atoms with Gasteiger partial charge in [-0.3, -0.25) is 0 Å². The molecule has 0 heterocycles. The fraction of sp³-hybridized carbons (Fsp3) is 0.0400. The van der Waals surface area contributed by atoms with Crippen molar-refractivity contribution in [2.75, 3.05) is 4.90 Å². The van der Waals surface area contributed by atoms with E-state index in [9.17, 15) is 0 Å². The van der Waals surface area contributed by atoms with Crippen molar-refractivity contribution in [1.29, 1.82) is 0 Å². The minimum atomic E-state index is 0.116. The highest BCUT2D eigenvalue weighted by atomic mass is 15.2. The van der Waals surface area contributed by atoms with Gasteiger partial charge in [0.2, 0.25) is 0 Å². The summed E-state index contributed by atoms with van der Waals surface area (Å²) < 4.78 is 0. The maximum absolute atomic E-state index is 2.43. The quantitative estimate of drug-likeness (QED) is 0.184. The first kappa shape index (κ1) is 28.4. The zero-order valence-corrected chi connectivity index (χ0v) is 28.0. The molecule has 5 aromatic carbocycles. The first-order chi connectivity index (χ1) is 25.4. The summed E-state index contributed by atoms with van der Waals surface area (Å²) in [6.45, 7) is 0. The van der Waals surface area contributed by atoms with Crippen LogP contribution >= 0.6 is 0 Å². The fourth-order valence-electron chi connectivity index (χ4n) is 9.43. The number of rotatable bonds is 5. The number of benzene rings is 5. The molecule has 1 nitrogen and oxygen atoms in total. The predicted molar refractivity (Wildman–Crippen MR) is 213 cm³/mol. The number of anilines is 2. The number of fused-ring (bicyclic) bond motifs is 4. The second-order valence-corrected chi connectivity index (χ2v) is 13.9. The van der Waals surface area contributed by atoms with Crippen LogP contribution in [-0.2, 0) is 0 Å². The van der Waals surface area contributed by atoms with Gasteiger partial charge in [-0.2, -0.15) is 0 Å². The lowest BCUT2D eigenvalue weighted by molar-refractivity contribution is 0.985. The van der Waals surface area contributed by atoms with Crippen LogP contribution in [0.25, 0.3) is 44.5 Å². The first-order valence-corrected chi connectivity index (χ1v) is 17.9. The molecule has 11 rings (SSSR count). The lowest BCUT2D eigenvalue weighted by Crippen LogP contribution is -2.24. The van der Waals surface area contributed by atoms with Gasteiger partial charge in [0.25, 0.3) is 0 Å². The summed E-state index contributed by atoms with van der Waals surface area (Å²) in [5, 5.41) is 2.77. The van der Waals surface area contributed by atoms with Crippen LogP contribution < -0.4 is 15.3 Å². The Morgan fingerprint density at radius 3 is 1.43 bits per heavy atom. The smallest absolute Gasteiger partial charge is 0.0503 e. The molecule has 0 saturated heterocycles. The van der Waals surface area contributed by atoms with E-state index in [2.05, 4.69) is 193 Å². The second kappa shape index (κ2) is 11.0. The Kier molecular flexibility index (Phi) is 6.15. The summed E-state index contributed by atoms with van der Waals surface area (Å²) in [4.78, 5) is 2.43. The summed E-state index contributed by atoms with van der Waals surface area (Å²) in [6, 6.07) is 43.9. The first-order valence-electron chi connectivity index (χ1n) is 17.9. The Balaban J connectivity index is 1.28. The third-order valence-electron chi connectivity index (χ3n) is 11.3. The van der Waals surface area contributed by atoms with Crippen LogP contribution in [0.2, 0.25) is 0 Å². The number of nitrogens with zero attached hydrogens (tertiary/aromatic N) is 1. The van der Waals surface area contributed by atoms with Crippen molar-refractivity contribution < 1.29 is 0 Å². The van der Waals surface area contributed by atoms with Crippen LogP contribution in [0.1, 0.15) is 11.1 Å². The molecule has 1 heteroatoms. The largest absolute Gasteiger partial charge is 0.310 e. The van der Waals surface area contributed by atoms with E-state index in [-0.39, 0.29) is 11.8 Å². The van der Waals surface area contributed by atoms with Gasteiger partial charge in [-0.1, -0.05) is 158 Å². The van der Waals surface area contributed by atoms with Crippen molar-refractivity contribution >= 4 is 33.7 Å². The highest BCUT2D eigenvalue weighted by Crippen LogP contribution is 2.54. The Morgan fingerprint density at radius 1 is 0.373 bits per heavy atom. The number of hydrogen-bond acceptors (Lipinski definition) is 1. The molecule has 0 fully saturated rings. The summed E-state index contributed by atoms with van der Waals surface area (Å²) in [7, 11) is 0. The van der Waals surface area contributed by atoms with Crippen LogP contribution in [0.5, 0.6) is 0 Å². The normalized spacial score (nSPS) is 19.6.